The van der Waals surface area contributed by atoms with Crippen molar-refractivity contribution in [3.05, 3.63) is 18.0 Å². The van der Waals surface area contributed by atoms with Crippen LogP contribution >= 0.6 is 0 Å². The molecule has 4 heteroatoms. The van der Waals surface area contributed by atoms with Gasteiger partial charge in [-0.05, 0) is 19.9 Å². The van der Waals surface area contributed by atoms with E-state index in [0.717, 1.165) is 0 Å². The second-order valence-electron chi connectivity index (χ2n) is 2.50. The highest BCUT2D eigenvalue weighted by Crippen LogP contribution is 2.03. The third-order valence-electron chi connectivity index (χ3n) is 1.09. The molecule has 1 aromatic heterocycles. The first kappa shape index (κ1) is 8.47. The molecule has 0 saturated carbocycles. The van der Waals surface area contributed by atoms with E-state index in [2.05, 4.69) is 9.97 Å². The van der Waals surface area contributed by atoms with Crippen molar-refractivity contribution in [1.82, 2.24) is 9.97 Å². The van der Waals surface area contributed by atoms with E-state index in [-0.39, 0.29) is 12.1 Å². The lowest BCUT2D eigenvalue weighted by Crippen LogP contribution is -2.08. The molecule has 1 rings (SSSR count). The Bertz CT molecular complexity index is 303. The minimum Gasteiger partial charge on any atom is -0.461 e. The van der Waals surface area contributed by atoms with Crippen LogP contribution in [0.5, 0.6) is 6.01 Å². The van der Waals surface area contributed by atoms with Gasteiger partial charge in [-0.15, -0.1) is 0 Å². The fourth-order valence-corrected chi connectivity index (χ4v) is 0.671. The van der Waals surface area contributed by atoms with Crippen LogP contribution in [0, 0.1) is 11.3 Å². The van der Waals surface area contributed by atoms with E-state index in [0.29, 0.717) is 5.69 Å². The van der Waals surface area contributed by atoms with E-state index >= 15 is 0 Å². The number of hydrogen-bond acceptors (Lipinski definition) is 4. The zero-order chi connectivity index (χ0) is 8.97. The smallest absolute Gasteiger partial charge is 0.317 e. The molecule has 0 amide bonds. The van der Waals surface area contributed by atoms with Crippen LogP contribution in [-0.2, 0) is 0 Å². The molecule has 0 aliphatic carbocycles. The Morgan fingerprint density at radius 1 is 1.58 bits per heavy atom. The van der Waals surface area contributed by atoms with Crippen LogP contribution in [0.1, 0.15) is 19.5 Å². The van der Waals surface area contributed by atoms with E-state index in [9.17, 15) is 0 Å². The lowest BCUT2D eigenvalue weighted by Gasteiger charge is -2.05. The summed E-state index contributed by atoms with van der Waals surface area (Å²) in [7, 11) is 0. The Hall–Kier alpha value is -1.63. The third kappa shape index (κ3) is 2.20. The summed E-state index contributed by atoms with van der Waals surface area (Å²) in [6.07, 6.45) is 1.53. The molecule has 4 nitrogen and oxygen atoms in total. The van der Waals surface area contributed by atoms with Gasteiger partial charge < -0.3 is 4.74 Å². The molecule has 1 heterocycles. The van der Waals surface area contributed by atoms with Crippen LogP contribution in [0.25, 0.3) is 0 Å². The van der Waals surface area contributed by atoms with Gasteiger partial charge >= 0.3 is 6.01 Å². The zero-order valence-electron chi connectivity index (χ0n) is 6.98. The van der Waals surface area contributed by atoms with Crippen LogP contribution in [0.15, 0.2) is 12.3 Å². The van der Waals surface area contributed by atoms with Crippen molar-refractivity contribution in [2.24, 2.45) is 0 Å². The summed E-state index contributed by atoms with van der Waals surface area (Å²) in [5, 5.41) is 8.50. The molecule has 0 unspecified atom stereocenters. The summed E-state index contributed by atoms with van der Waals surface area (Å²) in [5.74, 6) is 0. The van der Waals surface area contributed by atoms with Gasteiger partial charge in [0.2, 0.25) is 0 Å². The highest BCUT2D eigenvalue weighted by molar-refractivity contribution is 5.19. The lowest BCUT2D eigenvalue weighted by atomic mass is 10.4. The van der Waals surface area contributed by atoms with Crippen LogP contribution in [0.4, 0.5) is 0 Å². The minimum atomic E-state index is 0.0268. The molecule has 0 aliphatic heterocycles. The van der Waals surface area contributed by atoms with Gasteiger partial charge in [0.05, 0.1) is 6.10 Å². The number of rotatable bonds is 2. The molecule has 0 aromatic carbocycles. The molecule has 0 atom stereocenters. The Balaban J connectivity index is 2.81. The molecule has 0 spiro atoms. The van der Waals surface area contributed by atoms with E-state index in [1.54, 1.807) is 0 Å². The lowest BCUT2D eigenvalue weighted by molar-refractivity contribution is 0.222. The number of hydrogen-bond donors (Lipinski definition) is 0. The number of nitriles is 1. The van der Waals surface area contributed by atoms with Gasteiger partial charge in [0, 0.05) is 6.20 Å². The van der Waals surface area contributed by atoms with Gasteiger partial charge in [-0.2, -0.15) is 10.2 Å². The SMILES string of the molecule is CC(C)Oc1nccc(C#N)n1. The first-order valence-corrected chi connectivity index (χ1v) is 3.62. The van der Waals surface area contributed by atoms with Crippen molar-refractivity contribution < 1.29 is 4.74 Å². The molecule has 0 fully saturated rings. The fraction of sp³-hybridized carbons (Fsp3) is 0.375. The van der Waals surface area contributed by atoms with Gasteiger partial charge in [0.25, 0.3) is 0 Å². The number of nitrogens with zero attached hydrogens (tertiary/aromatic N) is 3. The molecule has 0 N–H and O–H groups in total. The third-order valence-corrected chi connectivity index (χ3v) is 1.09. The second-order valence-corrected chi connectivity index (χ2v) is 2.50. The predicted octanol–water partition coefficient (Wildman–Crippen LogP) is 1.14. The fourth-order valence-electron chi connectivity index (χ4n) is 0.671. The van der Waals surface area contributed by atoms with Gasteiger partial charge in [-0.25, -0.2) is 4.98 Å². The predicted molar refractivity (Wildman–Crippen MR) is 42.5 cm³/mol. The maximum atomic E-state index is 8.50. The number of ether oxygens (including phenoxy) is 1. The Labute approximate surface area is 70.8 Å². The average Bonchev–Trinajstić information content (AvgIpc) is 2.03. The van der Waals surface area contributed by atoms with Crippen molar-refractivity contribution in [3.8, 4) is 12.1 Å². The van der Waals surface area contributed by atoms with Crippen LogP contribution < -0.4 is 4.74 Å². The molecule has 0 aliphatic rings. The Morgan fingerprint density at radius 2 is 2.33 bits per heavy atom. The molecule has 0 saturated heterocycles. The van der Waals surface area contributed by atoms with Crippen molar-refractivity contribution in [2.75, 3.05) is 0 Å². The summed E-state index contributed by atoms with van der Waals surface area (Å²) in [4.78, 5) is 7.68. The Kier molecular flexibility index (Phi) is 2.59. The largest absolute Gasteiger partial charge is 0.461 e. The second kappa shape index (κ2) is 3.67. The van der Waals surface area contributed by atoms with Gasteiger partial charge in [0.15, 0.2) is 0 Å². The van der Waals surface area contributed by atoms with Crippen molar-refractivity contribution in [1.29, 1.82) is 5.26 Å². The minimum absolute atomic E-state index is 0.0268. The first-order chi connectivity index (χ1) is 5.72. The van der Waals surface area contributed by atoms with Gasteiger partial charge in [0.1, 0.15) is 11.8 Å². The standard InChI is InChI=1S/C8H9N3O/c1-6(2)12-8-10-4-3-7(5-9)11-8/h3-4,6H,1-2H3. The first-order valence-electron chi connectivity index (χ1n) is 3.62. The average molecular weight is 163 g/mol. The molecular formula is C8H9N3O. The van der Waals surface area contributed by atoms with Crippen molar-refractivity contribution >= 4 is 0 Å². The van der Waals surface area contributed by atoms with E-state index in [4.69, 9.17) is 10.00 Å². The Morgan fingerprint density at radius 3 is 2.92 bits per heavy atom. The van der Waals surface area contributed by atoms with Crippen LogP contribution in [-0.4, -0.2) is 16.1 Å². The van der Waals surface area contributed by atoms with Gasteiger partial charge in [-0.1, -0.05) is 0 Å². The van der Waals surface area contributed by atoms with E-state index in [1.807, 2.05) is 19.9 Å². The molecule has 0 radical (unpaired) electrons. The van der Waals surface area contributed by atoms with Gasteiger partial charge in [-0.3, -0.25) is 0 Å². The normalized spacial score (nSPS) is 9.50. The summed E-state index contributed by atoms with van der Waals surface area (Å²) < 4.78 is 5.18. The number of aromatic nitrogens is 2. The molecule has 1 aromatic rings. The molecular weight excluding hydrogens is 154 g/mol. The topological polar surface area (TPSA) is 58.8 Å². The molecule has 0 bridgehead atoms. The summed E-state index contributed by atoms with van der Waals surface area (Å²) in [6, 6.07) is 3.70. The maximum Gasteiger partial charge on any atom is 0.317 e. The quantitative estimate of drug-likeness (QED) is 0.655. The van der Waals surface area contributed by atoms with E-state index in [1.165, 1.54) is 12.3 Å². The molecule has 12 heavy (non-hydrogen) atoms. The maximum absolute atomic E-state index is 8.50. The summed E-state index contributed by atoms with van der Waals surface area (Å²) in [6.45, 7) is 3.75. The highest BCUT2D eigenvalue weighted by atomic mass is 16.5. The highest BCUT2D eigenvalue weighted by Gasteiger charge is 2.00. The van der Waals surface area contributed by atoms with Crippen LogP contribution in [0.3, 0.4) is 0 Å². The molecule has 62 valence electrons. The van der Waals surface area contributed by atoms with Crippen LogP contribution in [0.2, 0.25) is 0 Å². The summed E-state index contributed by atoms with van der Waals surface area (Å²) in [5.41, 5.74) is 0.320. The zero-order valence-corrected chi connectivity index (χ0v) is 6.98. The monoisotopic (exact) mass is 163 g/mol. The van der Waals surface area contributed by atoms with E-state index < -0.39 is 0 Å². The summed E-state index contributed by atoms with van der Waals surface area (Å²) >= 11 is 0. The van der Waals surface area contributed by atoms with Crippen molar-refractivity contribution in [3.63, 3.8) is 0 Å². The van der Waals surface area contributed by atoms with Crippen molar-refractivity contribution in [2.45, 2.75) is 20.0 Å².